The molecule has 1 aromatic carbocycles. The van der Waals surface area contributed by atoms with Crippen LogP contribution in [0.2, 0.25) is 0 Å². The molecular formula is C16H22N2O. The van der Waals surface area contributed by atoms with Crippen LogP contribution in [0.5, 0.6) is 0 Å². The van der Waals surface area contributed by atoms with Gasteiger partial charge in [-0.25, -0.2) is 0 Å². The van der Waals surface area contributed by atoms with Crippen LogP contribution in [0.25, 0.3) is 0 Å². The van der Waals surface area contributed by atoms with Crippen molar-refractivity contribution in [1.82, 2.24) is 9.78 Å². The molecule has 0 aliphatic heterocycles. The summed E-state index contributed by atoms with van der Waals surface area (Å²) in [5, 5.41) is 14.4. The normalized spacial score (nSPS) is 13.5. The minimum Gasteiger partial charge on any atom is -0.386 e. The van der Waals surface area contributed by atoms with Gasteiger partial charge in [0.25, 0.3) is 0 Å². The number of nitrogens with zero attached hydrogens (tertiary/aromatic N) is 2. The van der Waals surface area contributed by atoms with Crippen LogP contribution in [0, 0.1) is 6.92 Å². The zero-order chi connectivity index (χ0) is 14.0. The van der Waals surface area contributed by atoms with E-state index in [0.29, 0.717) is 6.54 Å². The van der Waals surface area contributed by atoms with Gasteiger partial charge in [0.1, 0.15) is 0 Å². The minimum atomic E-state index is -0.520. The standard InChI is InChI=1S/C16H22N2O/c1-12-9-17-18(10-12)11-15(19)13-5-7-14(8-6-13)16(2,3)4/h5-10,15,19H,11H2,1-4H3. The second-order valence-electron chi connectivity index (χ2n) is 6.13. The molecule has 0 amide bonds. The van der Waals surface area contributed by atoms with E-state index in [1.165, 1.54) is 5.56 Å². The molecule has 1 unspecified atom stereocenters. The highest BCUT2D eigenvalue weighted by Crippen LogP contribution is 2.24. The van der Waals surface area contributed by atoms with Gasteiger partial charge in [0, 0.05) is 6.20 Å². The van der Waals surface area contributed by atoms with Crippen LogP contribution in [-0.4, -0.2) is 14.9 Å². The largest absolute Gasteiger partial charge is 0.386 e. The Kier molecular flexibility index (Phi) is 3.76. The Hall–Kier alpha value is -1.61. The van der Waals surface area contributed by atoms with Crippen molar-refractivity contribution >= 4 is 0 Å². The predicted octanol–water partition coefficient (Wildman–Crippen LogP) is 3.22. The van der Waals surface area contributed by atoms with Gasteiger partial charge in [0.15, 0.2) is 0 Å². The molecule has 0 aliphatic rings. The van der Waals surface area contributed by atoms with Crippen molar-refractivity contribution in [2.45, 2.75) is 45.8 Å². The third kappa shape index (κ3) is 3.44. The van der Waals surface area contributed by atoms with E-state index < -0.39 is 6.10 Å². The fourth-order valence-electron chi connectivity index (χ4n) is 2.05. The van der Waals surface area contributed by atoms with Crippen molar-refractivity contribution in [3.63, 3.8) is 0 Å². The topological polar surface area (TPSA) is 38.0 Å². The molecular weight excluding hydrogens is 236 g/mol. The summed E-state index contributed by atoms with van der Waals surface area (Å²) in [5.41, 5.74) is 3.46. The maximum absolute atomic E-state index is 10.2. The molecule has 1 atom stereocenters. The van der Waals surface area contributed by atoms with Crippen LogP contribution in [0.15, 0.2) is 36.7 Å². The molecule has 2 rings (SSSR count). The zero-order valence-electron chi connectivity index (χ0n) is 12.1. The SMILES string of the molecule is Cc1cnn(CC(O)c2ccc(C(C)(C)C)cc2)c1. The van der Waals surface area contributed by atoms with E-state index in [9.17, 15) is 5.11 Å². The third-order valence-electron chi connectivity index (χ3n) is 3.28. The molecule has 0 saturated heterocycles. The number of hydrogen-bond donors (Lipinski definition) is 1. The third-order valence-corrected chi connectivity index (χ3v) is 3.28. The van der Waals surface area contributed by atoms with E-state index in [2.05, 4.69) is 38.0 Å². The lowest BCUT2D eigenvalue weighted by Crippen LogP contribution is -2.12. The molecule has 0 radical (unpaired) electrons. The molecule has 1 N–H and O–H groups in total. The summed E-state index contributed by atoms with van der Waals surface area (Å²) in [7, 11) is 0. The summed E-state index contributed by atoms with van der Waals surface area (Å²) >= 11 is 0. The maximum atomic E-state index is 10.2. The molecule has 3 heteroatoms. The van der Waals surface area contributed by atoms with Gasteiger partial charge in [-0.05, 0) is 29.0 Å². The van der Waals surface area contributed by atoms with Crippen molar-refractivity contribution in [2.24, 2.45) is 0 Å². The van der Waals surface area contributed by atoms with Crippen molar-refractivity contribution in [1.29, 1.82) is 0 Å². The lowest BCUT2D eigenvalue weighted by Gasteiger charge is -2.20. The lowest BCUT2D eigenvalue weighted by molar-refractivity contribution is 0.151. The highest BCUT2D eigenvalue weighted by Gasteiger charge is 2.15. The Labute approximate surface area is 114 Å². The Morgan fingerprint density at radius 3 is 2.32 bits per heavy atom. The van der Waals surface area contributed by atoms with Gasteiger partial charge >= 0.3 is 0 Å². The molecule has 0 spiro atoms. The first-order valence-corrected chi connectivity index (χ1v) is 6.64. The molecule has 3 nitrogen and oxygen atoms in total. The average Bonchev–Trinajstić information content (AvgIpc) is 2.74. The molecule has 19 heavy (non-hydrogen) atoms. The van der Waals surface area contributed by atoms with E-state index in [4.69, 9.17) is 0 Å². The first kappa shape index (κ1) is 13.8. The lowest BCUT2D eigenvalue weighted by atomic mass is 9.86. The number of rotatable bonds is 3. The van der Waals surface area contributed by atoms with Gasteiger partial charge in [-0.2, -0.15) is 5.10 Å². The van der Waals surface area contributed by atoms with Gasteiger partial charge in [-0.15, -0.1) is 0 Å². The number of benzene rings is 1. The summed E-state index contributed by atoms with van der Waals surface area (Å²) in [6, 6.07) is 8.18. The van der Waals surface area contributed by atoms with Crippen LogP contribution in [-0.2, 0) is 12.0 Å². The maximum Gasteiger partial charge on any atom is 0.0985 e. The first-order chi connectivity index (χ1) is 8.86. The second-order valence-corrected chi connectivity index (χ2v) is 6.13. The fourth-order valence-corrected chi connectivity index (χ4v) is 2.05. The van der Waals surface area contributed by atoms with E-state index >= 15 is 0 Å². The second kappa shape index (κ2) is 5.17. The minimum absolute atomic E-state index is 0.141. The van der Waals surface area contributed by atoms with Gasteiger partial charge in [-0.3, -0.25) is 4.68 Å². The molecule has 0 fully saturated rings. The Bertz CT molecular complexity index is 535. The van der Waals surface area contributed by atoms with Gasteiger partial charge in [0.05, 0.1) is 18.8 Å². The summed E-state index contributed by atoms with van der Waals surface area (Å²) in [5.74, 6) is 0. The Balaban J connectivity index is 2.09. The number of aliphatic hydroxyl groups is 1. The van der Waals surface area contributed by atoms with Crippen molar-refractivity contribution < 1.29 is 5.11 Å². The molecule has 0 aliphatic carbocycles. The molecule has 1 aromatic heterocycles. The Morgan fingerprint density at radius 2 is 1.84 bits per heavy atom. The van der Waals surface area contributed by atoms with E-state index in [1.807, 2.05) is 25.3 Å². The first-order valence-electron chi connectivity index (χ1n) is 6.64. The molecule has 0 bridgehead atoms. The monoisotopic (exact) mass is 258 g/mol. The smallest absolute Gasteiger partial charge is 0.0985 e. The van der Waals surface area contributed by atoms with E-state index in [0.717, 1.165) is 11.1 Å². The zero-order valence-corrected chi connectivity index (χ0v) is 12.1. The van der Waals surface area contributed by atoms with Crippen LogP contribution in [0.4, 0.5) is 0 Å². The van der Waals surface area contributed by atoms with Crippen LogP contribution >= 0.6 is 0 Å². The van der Waals surface area contributed by atoms with Crippen molar-refractivity contribution in [3.8, 4) is 0 Å². The molecule has 102 valence electrons. The van der Waals surface area contributed by atoms with Crippen molar-refractivity contribution in [3.05, 3.63) is 53.3 Å². The molecule has 1 heterocycles. The van der Waals surface area contributed by atoms with Gasteiger partial charge in [-0.1, -0.05) is 45.0 Å². The highest BCUT2D eigenvalue weighted by atomic mass is 16.3. The summed E-state index contributed by atoms with van der Waals surface area (Å²) in [6.07, 6.45) is 3.22. The Morgan fingerprint density at radius 1 is 1.21 bits per heavy atom. The molecule has 0 saturated carbocycles. The highest BCUT2D eigenvalue weighted by molar-refractivity contribution is 5.28. The number of aryl methyl sites for hydroxylation is 1. The fraction of sp³-hybridized carbons (Fsp3) is 0.438. The van der Waals surface area contributed by atoms with Crippen LogP contribution in [0.3, 0.4) is 0 Å². The van der Waals surface area contributed by atoms with Crippen LogP contribution < -0.4 is 0 Å². The molecule has 2 aromatic rings. The quantitative estimate of drug-likeness (QED) is 0.918. The van der Waals surface area contributed by atoms with E-state index in [1.54, 1.807) is 10.9 Å². The summed E-state index contributed by atoms with van der Waals surface area (Å²) < 4.78 is 1.78. The summed E-state index contributed by atoms with van der Waals surface area (Å²) in [6.45, 7) is 9.04. The average molecular weight is 258 g/mol. The van der Waals surface area contributed by atoms with Crippen molar-refractivity contribution in [2.75, 3.05) is 0 Å². The summed E-state index contributed by atoms with van der Waals surface area (Å²) in [4.78, 5) is 0. The predicted molar refractivity (Wildman–Crippen MR) is 77.1 cm³/mol. The van der Waals surface area contributed by atoms with Gasteiger partial charge in [0.2, 0.25) is 0 Å². The number of hydrogen-bond acceptors (Lipinski definition) is 2. The van der Waals surface area contributed by atoms with E-state index in [-0.39, 0.29) is 5.41 Å². The van der Waals surface area contributed by atoms with Gasteiger partial charge < -0.3 is 5.11 Å². The number of aliphatic hydroxyl groups excluding tert-OH is 1. The van der Waals surface area contributed by atoms with Crippen LogP contribution in [0.1, 0.15) is 43.6 Å². The number of aromatic nitrogens is 2.